The van der Waals surface area contributed by atoms with Gasteiger partial charge in [0.05, 0.1) is 12.3 Å². The van der Waals surface area contributed by atoms with Gasteiger partial charge in [-0.15, -0.1) is 0 Å². The Hall–Kier alpha value is -0.580. The second-order valence-electron chi connectivity index (χ2n) is 5.55. The fourth-order valence-electron chi connectivity index (χ4n) is 2.90. The molecule has 4 heteroatoms. The van der Waals surface area contributed by atoms with Gasteiger partial charge >= 0.3 is 0 Å². The maximum Gasteiger partial charge on any atom is 0.0510 e. The highest BCUT2D eigenvalue weighted by Crippen LogP contribution is 2.32. The number of nitrogens with one attached hydrogen (secondary N) is 1. The Morgan fingerprint density at radius 1 is 1.50 bits per heavy atom. The molecule has 1 aromatic rings. The van der Waals surface area contributed by atoms with E-state index in [1.807, 2.05) is 0 Å². The Morgan fingerprint density at radius 3 is 2.95 bits per heavy atom. The molecular formula is C16H25BrN2O. The van der Waals surface area contributed by atoms with Crippen LogP contribution in [0.5, 0.6) is 0 Å². The Kier molecular flexibility index (Phi) is 5.87. The Labute approximate surface area is 130 Å². The lowest BCUT2D eigenvalue weighted by Gasteiger charge is -2.22. The van der Waals surface area contributed by atoms with Crippen molar-refractivity contribution in [1.82, 2.24) is 5.32 Å². The number of rotatable bonds is 6. The predicted molar refractivity (Wildman–Crippen MR) is 88.4 cm³/mol. The van der Waals surface area contributed by atoms with Gasteiger partial charge in [0.15, 0.2) is 0 Å². The lowest BCUT2D eigenvalue weighted by atomic mass is 10.1. The molecule has 2 rings (SSSR count). The van der Waals surface area contributed by atoms with Gasteiger partial charge in [0, 0.05) is 36.6 Å². The summed E-state index contributed by atoms with van der Waals surface area (Å²) in [6.45, 7) is 8.41. The molecule has 0 radical (unpaired) electrons. The number of anilines is 1. The molecular weight excluding hydrogens is 316 g/mol. The van der Waals surface area contributed by atoms with E-state index in [-0.39, 0.29) is 0 Å². The van der Waals surface area contributed by atoms with Crippen LogP contribution in [0.25, 0.3) is 0 Å². The van der Waals surface area contributed by atoms with Gasteiger partial charge in [-0.1, -0.05) is 13.0 Å². The van der Waals surface area contributed by atoms with Gasteiger partial charge in [-0.2, -0.15) is 0 Å². The van der Waals surface area contributed by atoms with Gasteiger partial charge in [0.2, 0.25) is 0 Å². The van der Waals surface area contributed by atoms with Crippen LogP contribution in [-0.2, 0) is 4.74 Å². The van der Waals surface area contributed by atoms with Crippen LogP contribution in [0, 0.1) is 5.92 Å². The first-order valence-corrected chi connectivity index (χ1v) is 8.21. The molecule has 1 fully saturated rings. The summed E-state index contributed by atoms with van der Waals surface area (Å²) >= 11 is 3.73. The molecule has 1 heterocycles. The summed E-state index contributed by atoms with van der Waals surface area (Å²) in [5, 5.41) is 3.45. The van der Waals surface area contributed by atoms with Crippen LogP contribution in [0.2, 0.25) is 0 Å². The molecule has 2 atom stereocenters. The van der Waals surface area contributed by atoms with Crippen molar-refractivity contribution in [2.45, 2.75) is 26.3 Å². The van der Waals surface area contributed by atoms with Crippen LogP contribution < -0.4 is 10.2 Å². The quantitative estimate of drug-likeness (QED) is 0.856. The van der Waals surface area contributed by atoms with E-state index in [0.29, 0.717) is 12.0 Å². The third-order valence-corrected chi connectivity index (χ3v) is 4.65. The van der Waals surface area contributed by atoms with Crippen LogP contribution in [0.3, 0.4) is 0 Å². The fourth-order valence-corrected chi connectivity index (χ4v) is 3.54. The molecule has 0 aliphatic carbocycles. The summed E-state index contributed by atoms with van der Waals surface area (Å²) in [5.74, 6) is 0.659. The number of hydrogen-bond donors (Lipinski definition) is 1. The average molecular weight is 341 g/mol. The van der Waals surface area contributed by atoms with E-state index in [1.54, 1.807) is 7.11 Å². The van der Waals surface area contributed by atoms with Crippen molar-refractivity contribution in [2.24, 2.45) is 5.92 Å². The zero-order chi connectivity index (χ0) is 14.5. The van der Waals surface area contributed by atoms with E-state index >= 15 is 0 Å². The first-order valence-electron chi connectivity index (χ1n) is 7.42. The topological polar surface area (TPSA) is 24.5 Å². The highest BCUT2D eigenvalue weighted by Gasteiger charge is 2.24. The molecule has 3 nitrogen and oxygen atoms in total. The minimum atomic E-state index is 0.394. The standard InChI is InChI=1S/C16H25BrN2O/c1-4-18-12(2)14-5-6-16(15(17)9-14)19-8-7-13(10-19)11-20-3/h5-6,9,12-13,18H,4,7-8,10-11H2,1-3H3. The lowest BCUT2D eigenvalue weighted by molar-refractivity contribution is 0.161. The van der Waals surface area contributed by atoms with Gasteiger partial charge in [-0.3, -0.25) is 0 Å². The van der Waals surface area contributed by atoms with E-state index in [2.05, 4.69) is 58.2 Å². The molecule has 1 N–H and O–H groups in total. The molecule has 1 aromatic carbocycles. The van der Waals surface area contributed by atoms with Crippen molar-refractivity contribution in [3.05, 3.63) is 28.2 Å². The van der Waals surface area contributed by atoms with Crippen LogP contribution in [0.15, 0.2) is 22.7 Å². The van der Waals surface area contributed by atoms with E-state index in [4.69, 9.17) is 4.74 Å². The molecule has 20 heavy (non-hydrogen) atoms. The largest absolute Gasteiger partial charge is 0.384 e. The molecule has 1 aliphatic heterocycles. The monoisotopic (exact) mass is 340 g/mol. The van der Waals surface area contributed by atoms with Crippen molar-refractivity contribution >= 4 is 21.6 Å². The number of nitrogens with zero attached hydrogens (tertiary/aromatic N) is 1. The Balaban J connectivity index is 2.06. The van der Waals surface area contributed by atoms with Crippen molar-refractivity contribution in [2.75, 3.05) is 38.3 Å². The van der Waals surface area contributed by atoms with E-state index in [1.165, 1.54) is 22.1 Å². The number of methoxy groups -OCH3 is 1. The normalized spacial score (nSPS) is 20.4. The van der Waals surface area contributed by atoms with Gasteiger partial charge < -0.3 is 15.0 Å². The maximum absolute atomic E-state index is 5.27. The summed E-state index contributed by atoms with van der Waals surface area (Å²) in [6, 6.07) is 7.11. The van der Waals surface area contributed by atoms with Gasteiger partial charge in [0.25, 0.3) is 0 Å². The molecule has 0 saturated carbocycles. The average Bonchev–Trinajstić information content (AvgIpc) is 2.87. The molecule has 1 saturated heterocycles. The summed E-state index contributed by atoms with van der Waals surface area (Å²) in [6.07, 6.45) is 1.22. The molecule has 2 unspecified atom stereocenters. The third-order valence-electron chi connectivity index (χ3n) is 4.01. The zero-order valence-electron chi connectivity index (χ0n) is 12.7. The number of halogens is 1. The summed E-state index contributed by atoms with van der Waals surface area (Å²) in [7, 11) is 1.79. The smallest absolute Gasteiger partial charge is 0.0510 e. The molecule has 112 valence electrons. The zero-order valence-corrected chi connectivity index (χ0v) is 14.2. The van der Waals surface area contributed by atoms with Crippen molar-refractivity contribution in [3.8, 4) is 0 Å². The van der Waals surface area contributed by atoms with Crippen LogP contribution >= 0.6 is 15.9 Å². The van der Waals surface area contributed by atoms with E-state index in [0.717, 1.165) is 26.2 Å². The minimum absolute atomic E-state index is 0.394. The molecule has 1 aliphatic rings. The summed E-state index contributed by atoms with van der Waals surface area (Å²) < 4.78 is 6.46. The number of hydrogen-bond acceptors (Lipinski definition) is 3. The van der Waals surface area contributed by atoms with Crippen LogP contribution in [0.1, 0.15) is 31.9 Å². The van der Waals surface area contributed by atoms with Crippen molar-refractivity contribution < 1.29 is 4.74 Å². The maximum atomic E-state index is 5.27. The fraction of sp³-hybridized carbons (Fsp3) is 0.625. The summed E-state index contributed by atoms with van der Waals surface area (Å²) in [5.41, 5.74) is 2.63. The second kappa shape index (κ2) is 7.43. The minimum Gasteiger partial charge on any atom is -0.384 e. The molecule has 0 aromatic heterocycles. The predicted octanol–water partition coefficient (Wildman–Crippen LogP) is 3.59. The van der Waals surface area contributed by atoms with Gasteiger partial charge in [0.1, 0.15) is 0 Å². The highest BCUT2D eigenvalue weighted by molar-refractivity contribution is 9.10. The Morgan fingerprint density at radius 2 is 2.30 bits per heavy atom. The first-order chi connectivity index (χ1) is 9.65. The number of benzene rings is 1. The van der Waals surface area contributed by atoms with Crippen molar-refractivity contribution in [1.29, 1.82) is 0 Å². The van der Waals surface area contributed by atoms with E-state index < -0.39 is 0 Å². The lowest BCUT2D eigenvalue weighted by Crippen LogP contribution is -2.22. The van der Waals surface area contributed by atoms with Crippen LogP contribution in [0.4, 0.5) is 5.69 Å². The van der Waals surface area contributed by atoms with Crippen LogP contribution in [-0.4, -0.2) is 33.4 Å². The highest BCUT2D eigenvalue weighted by atomic mass is 79.9. The third kappa shape index (κ3) is 3.74. The van der Waals surface area contributed by atoms with Crippen molar-refractivity contribution in [3.63, 3.8) is 0 Å². The molecule has 0 amide bonds. The molecule has 0 bridgehead atoms. The van der Waals surface area contributed by atoms with Gasteiger partial charge in [-0.25, -0.2) is 0 Å². The first kappa shape index (κ1) is 15.8. The van der Waals surface area contributed by atoms with E-state index in [9.17, 15) is 0 Å². The molecule has 0 spiro atoms. The van der Waals surface area contributed by atoms with Gasteiger partial charge in [-0.05, 0) is 53.5 Å². The number of ether oxygens (including phenoxy) is 1. The second-order valence-corrected chi connectivity index (χ2v) is 6.40. The SMILES string of the molecule is CCNC(C)c1ccc(N2CCC(COC)C2)c(Br)c1. The Bertz CT molecular complexity index is 438. The summed E-state index contributed by atoms with van der Waals surface area (Å²) in [4.78, 5) is 2.45.